The molecule has 0 aliphatic heterocycles. The summed E-state index contributed by atoms with van der Waals surface area (Å²) in [6.07, 6.45) is -2.54. The first kappa shape index (κ1) is 16.1. The summed E-state index contributed by atoms with van der Waals surface area (Å²) in [5, 5.41) is 34.9. The largest absolute Gasteiger partial charge is 0.480 e. The lowest BCUT2D eigenvalue weighted by Crippen LogP contribution is -2.59. The van der Waals surface area contributed by atoms with E-state index in [1.807, 2.05) is 0 Å². The first-order chi connectivity index (χ1) is 8.62. The second-order valence-corrected chi connectivity index (χ2v) is 3.08. The van der Waals surface area contributed by atoms with Crippen molar-refractivity contribution in [3.05, 3.63) is 12.7 Å². The number of rotatable bonds is 7. The van der Waals surface area contributed by atoms with Crippen LogP contribution in [0.15, 0.2) is 12.7 Å². The zero-order valence-electron chi connectivity index (χ0n) is 9.10. The van der Waals surface area contributed by atoms with E-state index >= 15 is 0 Å². The minimum absolute atomic E-state index is 0.423. The average Bonchev–Trinajstić information content (AvgIpc) is 2.26. The molecule has 0 rings (SSSR count). The lowest BCUT2D eigenvalue weighted by atomic mass is 9.81. The molecule has 0 saturated heterocycles. The van der Waals surface area contributed by atoms with Gasteiger partial charge in [-0.05, 0) is 0 Å². The average molecular weight is 276 g/mol. The van der Waals surface area contributed by atoms with Crippen LogP contribution in [0.1, 0.15) is 0 Å². The van der Waals surface area contributed by atoms with Crippen LogP contribution in [0.2, 0.25) is 0 Å². The molecule has 0 aromatic heterocycles. The molecule has 10 nitrogen and oxygen atoms in total. The van der Waals surface area contributed by atoms with E-state index in [0.29, 0.717) is 6.08 Å². The van der Waals surface area contributed by atoms with E-state index in [0.717, 1.165) is 0 Å². The van der Waals surface area contributed by atoms with Crippen LogP contribution in [0.25, 0.3) is 0 Å². The molecule has 0 aromatic rings. The Morgan fingerprint density at radius 2 is 1.32 bits per heavy atom. The van der Waals surface area contributed by atoms with Crippen LogP contribution < -0.4 is 0 Å². The van der Waals surface area contributed by atoms with Gasteiger partial charge in [0.1, 0.15) is 0 Å². The maximum absolute atomic E-state index is 10.9. The SMILES string of the molecule is C=CC(=O)OC(C(=O)O)C(C(=O)O)(C(=O)O)C(=O)O. The molecule has 0 aliphatic rings. The lowest BCUT2D eigenvalue weighted by Gasteiger charge is -2.25. The molecule has 1 unspecified atom stereocenters. The van der Waals surface area contributed by atoms with E-state index in [9.17, 15) is 24.0 Å². The molecule has 0 aromatic carbocycles. The van der Waals surface area contributed by atoms with Gasteiger partial charge in [0.15, 0.2) is 0 Å². The van der Waals surface area contributed by atoms with Crippen molar-refractivity contribution in [3.8, 4) is 0 Å². The number of carboxylic acids is 4. The van der Waals surface area contributed by atoms with Crippen molar-refractivity contribution in [2.75, 3.05) is 0 Å². The van der Waals surface area contributed by atoms with Crippen molar-refractivity contribution < 1.29 is 49.1 Å². The van der Waals surface area contributed by atoms with Gasteiger partial charge in [-0.15, -0.1) is 0 Å². The Labute approximate surface area is 104 Å². The van der Waals surface area contributed by atoms with Crippen LogP contribution >= 0.6 is 0 Å². The zero-order chi connectivity index (χ0) is 15.4. The highest BCUT2D eigenvalue weighted by Crippen LogP contribution is 2.27. The van der Waals surface area contributed by atoms with E-state index in [4.69, 9.17) is 20.4 Å². The second kappa shape index (κ2) is 5.62. The zero-order valence-corrected chi connectivity index (χ0v) is 9.10. The van der Waals surface area contributed by atoms with E-state index in [2.05, 4.69) is 11.3 Å². The highest BCUT2D eigenvalue weighted by atomic mass is 16.6. The lowest BCUT2D eigenvalue weighted by molar-refractivity contribution is -0.195. The minimum Gasteiger partial charge on any atom is -0.480 e. The van der Waals surface area contributed by atoms with Gasteiger partial charge in [0, 0.05) is 6.08 Å². The third-order valence-corrected chi connectivity index (χ3v) is 2.03. The van der Waals surface area contributed by atoms with E-state index in [1.165, 1.54) is 0 Å². The van der Waals surface area contributed by atoms with E-state index in [-0.39, 0.29) is 0 Å². The summed E-state index contributed by atoms with van der Waals surface area (Å²) in [5.74, 6) is -11.2. The van der Waals surface area contributed by atoms with Crippen LogP contribution in [0.5, 0.6) is 0 Å². The van der Waals surface area contributed by atoms with Gasteiger partial charge in [0.25, 0.3) is 0 Å². The molecule has 104 valence electrons. The van der Waals surface area contributed by atoms with Gasteiger partial charge in [-0.2, -0.15) is 0 Å². The first-order valence-electron chi connectivity index (χ1n) is 4.38. The molecule has 0 amide bonds. The maximum atomic E-state index is 10.9. The molecular weight excluding hydrogens is 268 g/mol. The Bertz CT molecular complexity index is 426. The monoisotopic (exact) mass is 276 g/mol. The summed E-state index contributed by atoms with van der Waals surface area (Å²) < 4.78 is 4.01. The molecule has 0 bridgehead atoms. The summed E-state index contributed by atoms with van der Waals surface area (Å²) in [6.45, 7) is 2.88. The molecule has 0 fully saturated rings. The van der Waals surface area contributed by atoms with Crippen molar-refractivity contribution >= 4 is 29.8 Å². The minimum atomic E-state index is -3.87. The summed E-state index contributed by atoms with van der Waals surface area (Å²) >= 11 is 0. The molecule has 4 N–H and O–H groups in total. The second-order valence-electron chi connectivity index (χ2n) is 3.08. The number of carboxylic acid groups (broad SMARTS) is 4. The Balaban J connectivity index is 6.04. The van der Waals surface area contributed by atoms with Crippen LogP contribution in [0, 0.1) is 5.41 Å². The van der Waals surface area contributed by atoms with Gasteiger partial charge in [0.2, 0.25) is 6.10 Å². The summed E-state index contributed by atoms with van der Waals surface area (Å²) in [5.41, 5.74) is -3.87. The van der Waals surface area contributed by atoms with Crippen molar-refractivity contribution in [1.29, 1.82) is 0 Å². The van der Waals surface area contributed by atoms with Crippen molar-refractivity contribution in [3.63, 3.8) is 0 Å². The molecule has 10 heteroatoms. The first-order valence-corrected chi connectivity index (χ1v) is 4.38. The standard InChI is InChI=1S/C9H8O10/c1-2-3(10)19-4(5(11)12)9(6(13)14,7(15)16)8(17)18/h2,4H,1H2,(H,11,12)(H,13,14)(H,15,16)(H,17,18). The predicted molar refractivity (Wildman–Crippen MR) is 53.1 cm³/mol. The fourth-order valence-electron chi connectivity index (χ4n) is 1.10. The molecule has 0 aliphatic carbocycles. The van der Waals surface area contributed by atoms with Crippen LogP contribution in [0.3, 0.4) is 0 Å². The van der Waals surface area contributed by atoms with E-state index < -0.39 is 41.4 Å². The normalized spacial score (nSPS) is 12.0. The maximum Gasteiger partial charge on any atom is 0.347 e. The van der Waals surface area contributed by atoms with Crippen LogP contribution in [0.4, 0.5) is 0 Å². The molecular formula is C9H8O10. The highest BCUT2D eigenvalue weighted by molar-refractivity contribution is 6.20. The highest BCUT2D eigenvalue weighted by Gasteiger charge is 2.65. The molecule has 0 radical (unpaired) electrons. The number of ether oxygens (including phenoxy) is 1. The van der Waals surface area contributed by atoms with Gasteiger partial charge < -0.3 is 25.2 Å². The number of carbonyl (C=O) groups is 5. The van der Waals surface area contributed by atoms with Crippen molar-refractivity contribution in [2.24, 2.45) is 5.41 Å². The van der Waals surface area contributed by atoms with Gasteiger partial charge in [-0.25, -0.2) is 9.59 Å². The van der Waals surface area contributed by atoms with Gasteiger partial charge >= 0.3 is 35.3 Å². The predicted octanol–water partition coefficient (Wildman–Crippen LogP) is -1.59. The molecule has 19 heavy (non-hydrogen) atoms. The molecule has 0 heterocycles. The van der Waals surface area contributed by atoms with Crippen LogP contribution in [-0.4, -0.2) is 56.4 Å². The van der Waals surface area contributed by atoms with Gasteiger partial charge in [-0.3, -0.25) is 14.4 Å². The Morgan fingerprint density at radius 1 is 0.947 bits per heavy atom. The Hall–Kier alpha value is -2.91. The molecule has 0 spiro atoms. The molecule has 1 atom stereocenters. The fourth-order valence-corrected chi connectivity index (χ4v) is 1.10. The third-order valence-electron chi connectivity index (χ3n) is 2.03. The van der Waals surface area contributed by atoms with E-state index in [1.54, 1.807) is 0 Å². The summed E-state index contributed by atoms with van der Waals surface area (Å²) in [4.78, 5) is 54.3. The number of esters is 1. The quantitative estimate of drug-likeness (QED) is 0.241. The number of aliphatic carboxylic acids is 4. The smallest absolute Gasteiger partial charge is 0.347 e. The van der Waals surface area contributed by atoms with Crippen molar-refractivity contribution in [1.82, 2.24) is 0 Å². The fraction of sp³-hybridized carbons (Fsp3) is 0.222. The summed E-state index contributed by atoms with van der Waals surface area (Å²) in [7, 11) is 0. The van der Waals surface area contributed by atoms with Crippen molar-refractivity contribution in [2.45, 2.75) is 6.10 Å². The van der Waals surface area contributed by atoms with Gasteiger partial charge in [0.05, 0.1) is 0 Å². The summed E-state index contributed by atoms with van der Waals surface area (Å²) in [6, 6.07) is 0. The topological polar surface area (TPSA) is 176 Å². The number of hydrogen-bond donors (Lipinski definition) is 4. The number of hydrogen-bond acceptors (Lipinski definition) is 6. The number of carbonyl (C=O) groups excluding carboxylic acids is 1. The Morgan fingerprint density at radius 3 is 1.53 bits per heavy atom. The van der Waals surface area contributed by atoms with Crippen LogP contribution in [-0.2, 0) is 28.7 Å². The molecule has 0 saturated carbocycles. The van der Waals surface area contributed by atoms with Gasteiger partial charge in [-0.1, -0.05) is 6.58 Å². The third kappa shape index (κ3) is 2.68. The Kier molecular flexibility index (Phi) is 4.76.